The van der Waals surface area contributed by atoms with Crippen molar-refractivity contribution in [3.8, 4) is 0 Å². The van der Waals surface area contributed by atoms with E-state index in [4.69, 9.17) is 23.2 Å². The molecule has 1 atom stereocenters. The van der Waals surface area contributed by atoms with Crippen LogP contribution in [0.1, 0.15) is 35.9 Å². The summed E-state index contributed by atoms with van der Waals surface area (Å²) in [5.74, 6) is -0.293. The Morgan fingerprint density at radius 3 is 2.68 bits per heavy atom. The number of carbonyl (C=O) groups excluding carboxylic acids is 1. The third kappa shape index (κ3) is 4.89. The van der Waals surface area contributed by atoms with Crippen molar-refractivity contribution >= 4 is 61.4 Å². The van der Waals surface area contributed by atoms with Crippen LogP contribution in [0, 0.1) is 0 Å². The molecule has 2 aromatic heterocycles. The maximum Gasteiger partial charge on any atom is 0.245 e. The van der Waals surface area contributed by atoms with Gasteiger partial charge in [-0.05, 0) is 67.1 Å². The van der Waals surface area contributed by atoms with Crippen LogP contribution in [0.5, 0.6) is 0 Å². The second-order valence-corrected chi connectivity index (χ2v) is 12.9. The minimum absolute atomic E-state index is 0.0863. The van der Waals surface area contributed by atoms with Gasteiger partial charge in [0.05, 0.1) is 18.1 Å². The molecule has 1 aliphatic heterocycles. The van der Waals surface area contributed by atoms with Crippen molar-refractivity contribution in [2.45, 2.75) is 37.2 Å². The summed E-state index contributed by atoms with van der Waals surface area (Å²) in [5, 5.41) is 3.70. The third-order valence-electron chi connectivity index (χ3n) is 6.59. The maximum atomic E-state index is 13.9. The third-order valence-corrected chi connectivity index (χ3v) is 10.2. The lowest BCUT2D eigenvalue weighted by Gasteiger charge is -2.38. The molecule has 0 radical (unpaired) electrons. The van der Waals surface area contributed by atoms with E-state index in [0.29, 0.717) is 28.5 Å². The van der Waals surface area contributed by atoms with Crippen LogP contribution in [-0.4, -0.2) is 47.6 Å². The van der Waals surface area contributed by atoms with Crippen molar-refractivity contribution in [1.29, 1.82) is 0 Å². The molecule has 1 amide bonds. The fraction of sp³-hybridized carbons (Fsp3) is 0.259. The Balaban J connectivity index is 1.52. The van der Waals surface area contributed by atoms with Gasteiger partial charge >= 0.3 is 0 Å². The Hall–Kier alpha value is -2.49. The number of pyridine rings is 1. The number of rotatable bonds is 6. The number of para-hydroxylation sites is 1. The van der Waals surface area contributed by atoms with Crippen molar-refractivity contribution in [2.75, 3.05) is 13.1 Å². The lowest BCUT2D eigenvalue weighted by Crippen LogP contribution is -2.48. The first kappa shape index (κ1) is 26.1. The number of carbonyl (C=O) groups is 1. The first-order valence-electron chi connectivity index (χ1n) is 11.8. The van der Waals surface area contributed by atoms with E-state index in [0.717, 1.165) is 16.5 Å². The summed E-state index contributed by atoms with van der Waals surface area (Å²) in [5.41, 5.74) is 2.15. The summed E-state index contributed by atoms with van der Waals surface area (Å²) in [7, 11) is -4.02. The van der Waals surface area contributed by atoms with Crippen LogP contribution in [0.4, 0.5) is 0 Å². The number of hydrogen-bond acceptors (Lipinski definition) is 5. The SMILES string of the molecule is CC(C)N(CC(=O)N1CCc2sccc2C1c1ccc(Cl)cc1Cl)S(=O)(=O)c1cccc2cccnc12. The van der Waals surface area contributed by atoms with Crippen molar-refractivity contribution in [2.24, 2.45) is 0 Å². The van der Waals surface area contributed by atoms with Crippen LogP contribution < -0.4 is 0 Å². The number of hydrogen-bond donors (Lipinski definition) is 0. The zero-order chi connectivity index (χ0) is 26.3. The fourth-order valence-electron chi connectivity index (χ4n) is 4.82. The average molecular weight is 575 g/mol. The first-order valence-corrected chi connectivity index (χ1v) is 14.9. The molecule has 1 aliphatic rings. The molecule has 0 saturated carbocycles. The van der Waals surface area contributed by atoms with Gasteiger partial charge in [0.25, 0.3) is 0 Å². The van der Waals surface area contributed by atoms with Gasteiger partial charge in [0.2, 0.25) is 15.9 Å². The zero-order valence-electron chi connectivity index (χ0n) is 20.3. The van der Waals surface area contributed by atoms with Crippen molar-refractivity contribution in [3.63, 3.8) is 0 Å². The molecule has 4 aromatic rings. The number of benzene rings is 2. The number of amides is 1. The quantitative estimate of drug-likeness (QED) is 0.276. The highest BCUT2D eigenvalue weighted by atomic mass is 35.5. The molecule has 0 saturated heterocycles. The van der Waals surface area contributed by atoms with Crippen molar-refractivity contribution in [1.82, 2.24) is 14.2 Å². The van der Waals surface area contributed by atoms with E-state index in [2.05, 4.69) is 4.98 Å². The molecule has 2 aromatic carbocycles. The standard InChI is InChI=1S/C27H25Cl2N3O3S2/c1-17(2)32(37(34,35)24-7-3-5-18-6-4-12-30-26(18)24)16-25(33)31-13-10-23-21(11-14-36-23)27(31)20-9-8-19(28)15-22(20)29/h3-9,11-12,14-15,17,27H,10,13,16H2,1-2H3. The molecule has 10 heteroatoms. The van der Waals surface area contributed by atoms with E-state index in [9.17, 15) is 13.2 Å². The summed E-state index contributed by atoms with van der Waals surface area (Å²) in [6, 6.07) is 15.0. The van der Waals surface area contributed by atoms with Crippen molar-refractivity contribution in [3.05, 3.63) is 92.2 Å². The van der Waals surface area contributed by atoms with Gasteiger partial charge in [-0.1, -0.05) is 47.5 Å². The van der Waals surface area contributed by atoms with Gasteiger partial charge < -0.3 is 4.90 Å². The number of aromatic nitrogens is 1. The normalized spacial score (nSPS) is 15.9. The van der Waals surface area contributed by atoms with E-state index >= 15 is 0 Å². The fourth-order valence-corrected chi connectivity index (χ4v) is 7.99. The van der Waals surface area contributed by atoms with Gasteiger partial charge in [0.15, 0.2) is 0 Å². The molecule has 0 bridgehead atoms. The molecule has 192 valence electrons. The van der Waals surface area contributed by atoms with E-state index in [1.807, 2.05) is 29.6 Å². The monoisotopic (exact) mass is 573 g/mol. The number of sulfonamides is 1. The number of thiophene rings is 1. The minimum atomic E-state index is -4.02. The molecular weight excluding hydrogens is 549 g/mol. The molecule has 0 fully saturated rings. The Morgan fingerprint density at radius 2 is 1.92 bits per heavy atom. The molecule has 0 N–H and O–H groups in total. The van der Waals surface area contributed by atoms with Crippen LogP contribution >= 0.6 is 34.5 Å². The molecule has 6 nitrogen and oxygen atoms in total. The Kier molecular flexibility index (Phi) is 7.31. The van der Waals surface area contributed by atoms with E-state index in [1.54, 1.807) is 66.6 Å². The van der Waals surface area contributed by atoms with E-state index in [-0.39, 0.29) is 17.3 Å². The van der Waals surface area contributed by atoms with Gasteiger partial charge in [-0.2, -0.15) is 4.31 Å². The zero-order valence-corrected chi connectivity index (χ0v) is 23.4. The molecule has 0 aliphatic carbocycles. The number of fused-ring (bicyclic) bond motifs is 2. The predicted molar refractivity (Wildman–Crippen MR) is 149 cm³/mol. The van der Waals surface area contributed by atoms with Crippen LogP contribution in [0.25, 0.3) is 10.9 Å². The second-order valence-electron chi connectivity index (χ2n) is 9.18. The number of halogens is 2. The summed E-state index contributed by atoms with van der Waals surface area (Å²) < 4.78 is 29.0. The summed E-state index contributed by atoms with van der Waals surface area (Å²) in [4.78, 5) is 21.2. The average Bonchev–Trinajstić information content (AvgIpc) is 3.35. The largest absolute Gasteiger partial charge is 0.330 e. The van der Waals surface area contributed by atoms with Gasteiger partial charge in [-0.15, -0.1) is 11.3 Å². The molecular formula is C27H25Cl2N3O3S2. The van der Waals surface area contributed by atoms with Crippen LogP contribution in [0.2, 0.25) is 10.0 Å². The number of nitrogens with zero attached hydrogens (tertiary/aromatic N) is 3. The highest BCUT2D eigenvalue weighted by Crippen LogP contribution is 2.41. The van der Waals surface area contributed by atoms with Crippen LogP contribution in [-0.2, 0) is 21.2 Å². The summed E-state index contributed by atoms with van der Waals surface area (Å²) in [6.07, 6.45) is 2.26. The smallest absolute Gasteiger partial charge is 0.245 e. The van der Waals surface area contributed by atoms with E-state index < -0.39 is 22.1 Å². The summed E-state index contributed by atoms with van der Waals surface area (Å²) >= 11 is 14.4. The maximum absolute atomic E-state index is 13.9. The molecule has 0 spiro atoms. The molecule has 37 heavy (non-hydrogen) atoms. The Bertz CT molecular complexity index is 1580. The second kappa shape index (κ2) is 10.3. The van der Waals surface area contributed by atoms with Gasteiger partial charge in [0.1, 0.15) is 4.90 Å². The molecule has 1 unspecified atom stereocenters. The first-order chi connectivity index (χ1) is 17.7. The van der Waals surface area contributed by atoms with E-state index in [1.165, 1.54) is 9.18 Å². The van der Waals surface area contributed by atoms with Crippen LogP contribution in [0.15, 0.2) is 71.1 Å². The Morgan fingerprint density at radius 1 is 1.14 bits per heavy atom. The predicted octanol–water partition coefficient (Wildman–Crippen LogP) is 6.18. The van der Waals surface area contributed by atoms with Crippen LogP contribution in [0.3, 0.4) is 0 Å². The topological polar surface area (TPSA) is 70.6 Å². The van der Waals surface area contributed by atoms with Crippen molar-refractivity contribution < 1.29 is 13.2 Å². The highest BCUT2D eigenvalue weighted by Gasteiger charge is 2.37. The summed E-state index contributed by atoms with van der Waals surface area (Å²) in [6.45, 7) is 3.69. The van der Waals surface area contributed by atoms with Gasteiger partial charge in [-0.25, -0.2) is 8.42 Å². The Labute approximate surface area is 230 Å². The van der Waals surface area contributed by atoms with Gasteiger partial charge in [-0.3, -0.25) is 9.78 Å². The molecule has 5 rings (SSSR count). The lowest BCUT2D eigenvalue weighted by atomic mass is 9.93. The van der Waals surface area contributed by atoms with Gasteiger partial charge in [0, 0.05) is 39.1 Å². The highest BCUT2D eigenvalue weighted by molar-refractivity contribution is 7.89. The lowest BCUT2D eigenvalue weighted by molar-refractivity contribution is -0.133. The molecule has 3 heterocycles. The minimum Gasteiger partial charge on any atom is -0.330 e.